The molecule has 0 amide bonds. The average Bonchev–Trinajstić information content (AvgIpc) is 3.20. The van der Waals surface area contributed by atoms with Crippen LogP contribution in [0.15, 0.2) is 0 Å². The molecule has 0 N–H and O–H groups in total. The first-order chi connectivity index (χ1) is 29.1. The Kier molecular flexibility index (Phi) is 44.2. The lowest BCUT2D eigenvalue weighted by Gasteiger charge is -2.18. The highest BCUT2D eigenvalue weighted by Crippen LogP contribution is 2.18. The first-order valence-corrected chi connectivity index (χ1v) is 26.6. The minimum Gasteiger partial charge on any atom is -0.462 e. The summed E-state index contributed by atoms with van der Waals surface area (Å²) < 4.78 is 16.8. The minimum absolute atomic E-state index is 0.0647. The molecule has 0 radical (unpaired) electrons. The standard InChI is InChI=1S/C54H104O6/c1-48(2)40-34-28-22-16-12-9-7-8-10-14-18-25-31-37-43-52(55)58-46-51(60-54(57)45-39-33-27-21-20-24-30-36-42-50(5)6)47-59-53(56)44-38-32-26-19-15-11-13-17-23-29-35-41-49(3)4/h48-51H,7-47H2,1-6H3/t51-/m0/s1. The van der Waals surface area contributed by atoms with Gasteiger partial charge in [-0.2, -0.15) is 0 Å². The highest BCUT2D eigenvalue weighted by Gasteiger charge is 2.19. The molecule has 0 spiro atoms. The summed E-state index contributed by atoms with van der Waals surface area (Å²) >= 11 is 0. The van der Waals surface area contributed by atoms with Gasteiger partial charge in [-0.1, -0.05) is 253 Å². The van der Waals surface area contributed by atoms with Crippen LogP contribution in [0.5, 0.6) is 0 Å². The predicted molar refractivity (Wildman–Crippen MR) is 256 cm³/mol. The first-order valence-electron chi connectivity index (χ1n) is 26.6. The molecule has 0 rings (SSSR count). The Morgan fingerprint density at radius 2 is 0.483 bits per heavy atom. The van der Waals surface area contributed by atoms with Gasteiger partial charge in [-0.25, -0.2) is 0 Å². The number of carbonyl (C=O) groups excluding carboxylic acids is 3. The Hall–Kier alpha value is -1.59. The maximum Gasteiger partial charge on any atom is 0.306 e. The number of hydrogen-bond donors (Lipinski definition) is 0. The fourth-order valence-corrected chi connectivity index (χ4v) is 8.12. The maximum absolute atomic E-state index is 12.8. The quantitative estimate of drug-likeness (QED) is 0.0345. The van der Waals surface area contributed by atoms with E-state index < -0.39 is 6.10 Å². The Balaban J connectivity index is 4.28. The lowest BCUT2D eigenvalue weighted by Crippen LogP contribution is -2.30. The SMILES string of the molecule is CC(C)CCCCCCCCCCCCCCCCC(=O)OC[C@@H](COC(=O)CCCCCCCCCCCCCC(C)C)OC(=O)CCCCCCCCCCC(C)C. The second-order valence-corrected chi connectivity index (χ2v) is 19.9. The van der Waals surface area contributed by atoms with Crippen LogP contribution in [0, 0.1) is 17.8 Å². The lowest BCUT2D eigenvalue weighted by molar-refractivity contribution is -0.167. The topological polar surface area (TPSA) is 78.9 Å². The summed E-state index contributed by atoms with van der Waals surface area (Å²) in [6, 6.07) is 0. The van der Waals surface area contributed by atoms with E-state index in [1.807, 2.05) is 0 Å². The van der Waals surface area contributed by atoms with Crippen LogP contribution in [0.1, 0.15) is 292 Å². The van der Waals surface area contributed by atoms with Gasteiger partial charge in [-0.05, 0) is 37.0 Å². The van der Waals surface area contributed by atoms with Gasteiger partial charge in [-0.3, -0.25) is 14.4 Å². The number of ether oxygens (including phenoxy) is 3. The number of hydrogen-bond acceptors (Lipinski definition) is 6. The highest BCUT2D eigenvalue weighted by atomic mass is 16.6. The summed E-state index contributed by atoms with van der Waals surface area (Å²) in [6.45, 7) is 13.7. The fraction of sp³-hybridized carbons (Fsp3) is 0.944. The van der Waals surface area contributed by atoms with Crippen molar-refractivity contribution in [1.82, 2.24) is 0 Å². The normalized spacial score (nSPS) is 12.2. The minimum atomic E-state index is -0.763. The van der Waals surface area contributed by atoms with Crippen molar-refractivity contribution in [1.29, 1.82) is 0 Å². The number of esters is 3. The molecule has 0 bridgehead atoms. The van der Waals surface area contributed by atoms with Gasteiger partial charge < -0.3 is 14.2 Å². The van der Waals surface area contributed by atoms with Crippen molar-refractivity contribution in [2.45, 2.75) is 298 Å². The number of carbonyl (C=O) groups is 3. The second-order valence-electron chi connectivity index (χ2n) is 19.9. The van der Waals surface area contributed by atoms with Gasteiger partial charge in [0.15, 0.2) is 6.10 Å². The molecule has 356 valence electrons. The molecule has 60 heavy (non-hydrogen) atoms. The molecular weight excluding hydrogens is 745 g/mol. The summed E-state index contributed by atoms with van der Waals surface area (Å²) in [7, 11) is 0. The summed E-state index contributed by atoms with van der Waals surface area (Å²) in [5.41, 5.74) is 0. The monoisotopic (exact) mass is 849 g/mol. The van der Waals surface area contributed by atoms with Gasteiger partial charge in [-0.15, -0.1) is 0 Å². The molecule has 0 unspecified atom stereocenters. The molecule has 6 heteroatoms. The van der Waals surface area contributed by atoms with E-state index in [9.17, 15) is 14.4 Å². The van der Waals surface area contributed by atoms with E-state index in [2.05, 4.69) is 41.5 Å². The Morgan fingerprint density at radius 3 is 0.717 bits per heavy atom. The molecular formula is C54H104O6. The van der Waals surface area contributed by atoms with Crippen LogP contribution in [0.25, 0.3) is 0 Å². The molecule has 0 saturated carbocycles. The van der Waals surface area contributed by atoms with Gasteiger partial charge in [0.2, 0.25) is 0 Å². The molecule has 0 aliphatic heterocycles. The third kappa shape index (κ3) is 47.5. The molecule has 6 nitrogen and oxygen atoms in total. The van der Waals surface area contributed by atoms with Crippen LogP contribution >= 0.6 is 0 Å². The van der Waals surface area contributed by atoms with Crippen molar-refractivity contribution in [2.24, 2.45) is 17.8 Å². The van der Waals surface area contributed by atoms with Crippen molar-refractivity contribution in [3.8, 4) is 0 Å². The zero-order chi connectivity index (χ0) is 44.2. The van der Waals surface area contributed by atoms with Crippen LogP contribution in [-0.2, 0) is 28.6 Å². The van der Waals surface area contributed by atoms with Crippen molar-refractivity contribution >= 4 is 17.9 Å². The van der Waals surface area contributed by atoms with E-state index in [-0.39, 0.29) is 31.1 Å². The van der Waals surface area contributed by atoms with E-state index in [0.717, 1.165) is 75.5 Å². The summed E-state index contributed by atoms with van der Waals surface area (Å²) in [6.07, 6.45) is 45.2. The number of unbranched alkanes of at least 4 members (excludes halogenated alkanes) is 30. The molecule has 0 heterocycles. The van der Waals surface area contributed by atoms with Gasteiger partial charge in [0, 0.05) is 19.3 Å². The zero-order valence-corrected chi connectivity index (χ0v) is 41.3. The molecule has 0 fully saturated rings. The summed E-state index contributed by atoms with van der Waals surface area (Å²) in [5, 5.41) is 0. The average molecular weight is 849 g/mol. The van der Waals surface area contributed by atoms with E-state index in [0.29, 0.717) is 19.3 Å². The van der Waals surface area contributed by atoms with Gasteiger partial charge in [0.1, 0.15) is 13.2 Å². The van der Waals surface area contributed by atoms with Crippen molar-refractivity contribution in [2.75, 3.05) is 13.2 Å². The lowest BCUT2D eigenvalue weighted by atomic mass is 10.0. The Labute approximate surface area is 374 Å². The van der Waals surface area contributed by atoms with Crippen LogP contribution in [0.2, 0.25) is 0 Å². The van der Waals surface area contributed by atoms with Crippen molar-refractivity contribution < 1.29 is 28.6 Å². The summed E-state index contributed by atoms with van der Waals surface area (Å²) in [5.74, 6) is 1.61. The van der Waals surface area contributed by atoms with Gasteiger partial charge >= 0.3 is 17.9 Å². The molecule has 0 aromatic rings. The molecule has 0 aliphatic rings. The Bertz CT molecular complexity index is 929. The number of rotatable bonds is 47. The van der Waals surface area contributed by atoms with Crippen LogP contribution < -0.4 is 0 Å². The van der Waals surface area contributed by atoms with E-state index in [1.54, 1.807) is 0 Å². The summed E-state index contributed by atoms with van der Waals surface area (Å²) in [4.78, 5) is 38.0. The third-order valence-electron chi connectivity index (χ3n) is 12.1. The van der Waals surface area contributed by atoms with E-state index in [4.69, 9.17) is 14.2 Å². The zero-order valence-electron chi connectivity index (χ0n) is 41.3. The van der Waals surface area contributed by atoms with Crippen LogP contribution in [-0.4, -0.2) is 37.2 Å². The predicted octanol–water partition coefficient (Wildman–Crippen LogP) is 17.2. The van der Waals surface area contributed by atoms with Gasteiger partial charge in [0.05, 0.1) is 0 Å². The molecule has 1 atom stereocenters. The molecule has 0 saturated heterocycles. The molecule has 0 aromatic heterocycles. The van der Waals surface area contributed by atoms with Crippen LogP contribution in [0.4, 0.5) is 0 Å². The van der Waals surface area contributed by atoms with Crippen molar-refractivity contribution in [3.63, 3.8) is 0 Å². The largest absolute Gasteiger partial charge is 0.462 e. The van der Waals surface area contributed by atoms with Gasteiger partial charge in [0.25, 0.3) is 0 Å². The third-order valence-corrected chi connectivity index (χ3v) is 12.1. The first kappa shape index (κ1) is 58.4. The maximum atomic E-state index is 12.8. The second kappa shape index (κ2) is 45.4. The van der Waals surface area contributed by atoms with Crippen molar-refractivity contribution in [3.05, 3.63) is 0 Å². The fourth-order valence-electron chi connectivity index (χ4n) is 8.12. The Morgan fingerprint density at radius 1 is 0.283 bits per heavy atom. The van der Waals surface area contributed by atoms with E-state index >= 15 is 0 Å². The van der Waals surface area contributed by atoms with Crippen LogP contribution in [0.3, 0.4) is 0 Å². The smallest absolute Gasteiger partial charge is 0.306 e. The highest BCUT2D eigenvalue weighted by molar-refractivity contribution is 5.71. The molecule has 0 aromatic carbocycles. The van der Waals surface area contributed by atoms with E-state index in [1.165, 1.54) is 173 Å². The molecule has 0 aliphatic carbocycles.